The van der Waals surface area contributed by atoms with Gasteiger partial charge >= 0.3 is 5.69 Å². The first-order valence-electron chi connectivity index (χ1n) is 15.8. The van der Waals surface area contributed by atoms with Gasteiger partial charge in [0.1, 0.15) is 35.2 Å². The number of nitrogens with one attached hydrogen (secondary N) is 1. The number of hydrogen-bond acceptors (Lipinski definition) is 9. The van der Waals surface area contributed by atoms with Crippen LogP contribution in [0.2, 0.25) is 0 Å². The SMILES string of the molecule is COc1ccc(C(OC[C@H]2O[C@@H](n3ccc(NCCCCCCN)nc3=O)C[C@@H]2O)(c2ccccc2)c2ccc(OC)cc2)cc1. The van der Waals surface area contributed by atoms with Crippen LogP contribution in [0.4, 0.5) is 5.82 Å². The van der Waals surface area contributed by atoms with Crippen molar-refractivity contribution in [2.75, 3.05) is 39.2 Å². The molecule has 3 aromatic carbocycles. The summed E-state index contributed by atoms with van der Waals surface area (Å²) in [6.45, 7) is 1.48. The number of benzene rings is 3. The molecule has 1 aromatic heterocycles. The summed E-state index contributed by atoms with van der Waals surface area (Å²) in [6, 6.07) is 27.2. The lowest BCUT2D eigenvalue weighted by atomic mass is 9.80. The second-order valence-corrected chi connectivity index (χ2v) is 11.4. The number of aromatic nitrogens is 2. The van der Waals surface area contributed by atoms with E-state index in [9.17, 15) is 9.90 Å². The molecule has 5 rings (SSSR count). The van der Waals surface area contributed by atoms with Crippen molar-refractivity contribution in [1.82, 2.24) is 9.55 Å². The van der Waals surface area contributed by atoms with Crippen LogP contribution in [0.1, 0.15) is 55.0 Å². The fourth-order valence-electron chi connectivity index (χ4n) is 5.89. The molecule has 0 unspecified atom stereocenters. The van der Waals surface area contributed by atoms with Crippen LogP contribution in [0, 0.1) is 0 Å². The van der Waals surface area contributed by atoms with Crippen LogP contribution in [0.15, 0.2) is 95.9 Å². The molecule has 10 heteroatoms. The molecular weight excluding hydrogens is 584 g/mol. The van der Waals surface area contributed by atoms with E-state index in [4.69, 9.17) is 24.7 Å². The maximum absolute atomic E-state index is 13.0. The molecule has 0 amide bonds. The van der Waals surface area contributed by atoms with Gasteiger partial charge in [-0.2, -0.15) is 4.98 Å². The van der Waals surface area contributed by atoms with Crippen LogP contribution < -0.4 is 26.2 Å². The number of unbranched alkanes of at least 4 members (excludes halogenated alkanes) is 3. The number of aliphatic hydroxyl groups is 1. The molecule has 0 saturated carbocycles. The van der Waals surface area contributed by atoms with Crippen LogP contribution in [0.3, 0.4) is 0 Å². The summed E-state index contributed by atoms with van der Waals surface area (Å²) < 4.78 is 25.5. The average molecular weight is 629 g/mol. The van der Waals surface area contributed by atoms with E-state index in [1.165, 1.54) is 4.57 Å². The van der Waals surface area contributed by atoms with E-state index in [0.717, 1.165) is 60.4 Å². The molecule has 10 nitrogen and oxygen atoms in total. The Balaban J connectivity index is 1.37. The zero-order chi connectivity index (χ0) is 32.4. The van der Waals surface area contributed by atoms with Gasteiger partial charge in [-0.1, -0.05) is 67.4 Å². The lowest BCUT2D eigenvalue weighted by Crippen LogP contribution is -2.38. The molecule has 0 bridgehead atoms. The fourth-order valence-corrected chi connectivity index (χ4v) is 5.89. The maximum atomic E-state index is 13.0. The molecule has 0 aliphatic carbocycles. The lowest BCUT2D eigenvalue weighted by Gasteiger charge is -2.37. The van der Waals surface area contributed by atoms with Crippen molar-refractivity contribution in [3.8, 4) is 11.5 Å². The Labute approximate surface area is 270 Å². The summed E-state index contributed by atoms with van der Waals surface area (Å²) in [6.07, 6.45) is 3.81. The number of methoxy groups -OCH3 is 2. The number of aliphatic hydroxyl groups excluding tert-OH is 1. The molecule has 1 fully saturated rings. The number of nitrogens with zero attached hydrogens (tertiary/aromatic N) is 2. The zero-order valence-electron chi connectivity index (χ0n) is 26.5. The summed E-state index contributed by atoms with van der Waals surface area (Å²) in [5.74, 6) is 1.96. The van der Waals surface area contributed by atoms with Gasteiger partial charge in [-0.25, -0.2) is 4.79 Å². The second-order valence-electron chi connectivity index (χ2n) is 11.4. The number of ether oxygens (including phenoxy) is 4. The first-order valence-corrected chi connectivity index (χ1v) is 15.8. The average Bonchev–Trinajstić information content (AvgIpc) is 3.47. The Bertz CT molecular complexity index is 1510. The molecule has 4 aromatic rings. The molecule has 4 N–H and O–H groups in total. The summed E-state index contributed by atoms with van der Waals surface area (Å²) in [5.41, 5.74) is 6.70. The van der Waals surface area contributed by atoms with Gasteiger partial charge in [0.2, 0.25) is 0 Å². The summed E-state index contributed by atoms with van der Waals surface area (Å²) >= 11 is 0. The van der Waals surface area contributed by atoms with Crippen molar-refractivity contribution in [1.29, 1.82) is 0 Å². The Kier molecular flexibility index (Phi) is 11.4. The smallest absolute Gasteiger partial charge is 0.351 e. The molecule has 1 saturated heterocycles. The van der Waals surface area contributed by atoms with Crippen LogP contribution in [-0.2, 0) is 15.1 Å². The van der Waals surface area contributed by atoms with Crippen LogP contribution in [0.25, 0.3) is 0 Å². The van der Waals surface area contributed by atoms with E-state index in [-0.39, 0.29) is 13.0 Å². The maximum Gasteiger partial charge on any atom is 0.351 e. The van der Waals surface area contributed by atoms with Gasteiger partial charge in [0, 0.05) is 19.2 Å². The molecule has 0 radical (unpaired) electrons. The first kappa shape index (κ1) is 33.2. The minimum absolute atomic E-state index is 0.0522. The third kappa shape index (κ3) is 7.59. The van der Waals surface area contributed by atoms with E-state index in [0.29, 0.717) is 12.4 Å². The Morgan fingerprint density at radius 3 is 2.09 bits per heavy atom. The highest BCUT2D eigenvalue weighted by Gasteiger charge is 2.42. The predicted molar refractivity (Wildman–Crippen MR) is 177 cm³/mol. The van der Waals surface area contributed by atoms with Crippen LogP contribution in [0.5, 0.6) is 11.5 Å². The molecular formula is C36H44N4O6. The number of nitrogens with two attached hydrogens (primary N) is 1. The van der Waals surface area contributed by atoms with Gasteiger partial charge in [0.15, 0.2) is 0 Å². The summed E-state index contributed by atoms with van der Waals surface area (Å²) in [5, 5.41) is 14.3. The predicted octanol–water partition coefficient (Wildman–Crippen LogP) is 4.85. The van der Waals surface area contributed by atoms with Crippen LogP contribution in [-0.4, -0.2) is 60.8 Å². The number of rotatable bonds is 16. The highest BCUT2D eigenvalue weighted by atomic mass is 16.6. The molecule has 3 atom stereocenters. The third-order valence-electron chi connectivity index (χ3n) is 8.42. The van der Waals surface area contributed by atoms with Gasteiger partial charge in [-0.15, -0.1) is 0 Å². The number of hydrogen-bond donors (Lipinski definition) is 3. The van der Waals surface area contributed by atoms with Crippen LogP contribution >= 0.6 is 0 Å². The Morgan fingerprint density at radius 2 is 1.50 bits per heavy atom. The van der Waals surface area contributed by atoms with Crippen molar-refractivity contribution in [2.45, 2.75) is 56.1 Å². The van der Waals surface area contributed by atoms with E-state index >= 15 is 0 Å². The highest BCUT2D eigenvalue weighted by Crippen LogP contribution is 2.42. The van der Waals surface area contributed by atoms with Gasteiger partial charge in [0.25, 0.3) is 0 Å². The third-order valence-corrected chi connectivity index (χ3v) is 8.42. The lowest BCUT2D eigenvalue weighted by molar-refractivity contribution is -0.0944. The van der Waals surface area contributed by atoms with Crippen molar-refractivity contribution >= 4 is 5.82 Å². The molecule has 244 valence electrons. The molecule has 1 aliphatic rings. The Morgan fingerprint density at radius 1 is 0.891 bits per heavy atom. The zero-order valence-corrected chi connectivity index (χ0v) is 26.5. The normalized spacial score (nSPS) is 18.0. The quantitative estimate of drug-likeness (QED) is 0.118. The van der Waals surface area contributed by atoms with Gasteiger partial charge < -0.3 is 35.1 Å². The monoisotopic (exact) mass is 628 g/mol. The van der Waals surface area contributed by atoms with Crippen molar-refractivity contribution < 1.29 is 24.1 Å². The molecule has 1 aliphatic heterocycles. The fraction of sp³-hybridized carbons (Fsp3) is 0.389. The first-order chi connectivity index (χ1) is 22.5. The molecule has 46 heavy (non-hydrogen) atoms. The van der Waals surface area contributed by atoms with E-state index < -0.39 is 29.7 Å². The van der Waals surface area contributed by atoms with Gasteiger partial charge in [-0.05, 0) is 66.4 Å². The highest BCUT2D eigenvalue weighted by molar-refractivity contribution is 5.49. The number of anilines is 1. The standard InChI is InChI=1S/C36H44N4O6/c1-43-29-16-12-27(13-17-29)36(26-10-6-5-7-11-26,28-14-18-30(44-2)19-15-28)45-25-32-31(41)24-34(46-32)40-23-20-33(39-35(40)42)38-22-9-4-3-8-21-37/h5-7,10-20,23,31-32,34,41H,3-4,8-9,21-22,24-25,37H2,1-2H3,(H,38,39,42)/t31-,32+,34+/m0/s1. The van der Waals surface area contributed by atoms with Gasteiger partial charge in [0.05, 0.1) is 26.9 Å². The molecule has 2 heterocycles. The topological polar surface area (TPSA) is 130 Å². The summed E-state index contributed by atoms with van der Waals surface area (Å²) in [7, 11) is 3.26. The van der Waals surface area contributed by atoms with Gasteiger partial charge in [-0.3, -0.25) is 4.57 Å². The summed E-state index contributed by atoms with van der Waals surface area (Å²) in [4.78, 5) is 17.2. The largest absolute Gasteiger partial charge is 0.497 e. The van der Waals surface area contributed by atoms with E-state index in [1.54, 1.807) is 26.5 Å². The Hall–Kier alpha value is -4.22. The van der Waals surface area contributed by atoms with Crippen molar-refractivity contribution in [3.05, 3.63) is 118 Å². The van der Waals surface area contributed by atoms with Crippen molar-refractivity contribution in [2.24, 2.45) is 5.73 Å². The van der Waals surface area contributed by atoms with E-state index in [1.807, 2.05) is 78.9 Å². The minimum Gasteiger partial charge on any atom is -0.497 e. The second kappa shape index (κ2) is 15.9. The minimum atomic E-state index is -1.06. The van der Waals surface area contributed by atoms with E-state index in [2.05, 4.69) is 10.3 Å². The molecule has 0 spiro atoms. The van der Waals surface area contributed by atoms with Crippen molar-refractivity contribution in [3.63, 3.8) is 0 Å².